The summed E-state index contributed by atoms with van der Waals surface area (Å²) in [7, 11) is 0. The van der Waals surface area contributed by atoms with Gasteiger partial charge in [-0.3, -0.25) is 0 Å². The largest absolute Gasteiger partial charge is 0.328 e. The number of imidazole rings is 1. The number of H-pyrrole nitrogens is 1. The van der Waals surface area contributed by atoms with Crippen LogP contribution in [0.25, 0.3) is 11.0 Å². The molecule has 98 valence electrons. The number of para-hydroxylation sites is 2. The maximum atomic E-state index is 6.14. The molecule has 0 spiro atoms. The molecule has 3 rings (SSSR count). The van der Waals surface area contributed by atoms with Gasteiger partial charge in [-0.25, -0.2) is 4.98 Å². The predicted molar refractivity (Wildman–Crippen MR) is 72.4 cm³/mol. The lowest BCUT2D eigenvalue weighted by Gasteiger charge is -2.09. The van der Waals surface area contributed by atoms with Crippen LogP contribution in [0.3, 0.4) is 0 Å². The van der Waals surface area contributed by atoms with Gasteiger partial charge in [0, 0.05) is 13.0 Å². The van der Waals surface area contributed by atoms with Crippen LogP contribution in [0.4, 0.5) is 0 Å². The van der Waals surface area contributed by atoms with Crippen molar-refractivity contribution < 1.29 is 0 Å². The topological polar surface area (TPSA) is 85.4 Å². The number of aryl methyl sites for hydroxylation is 1. The molecular weight excluding hydrogens is 240 g/mol. The predicted octanol–water partition coefficient (Wildman–Crippen LogP) is 1.42. The summed E-state index contributed by atoms with van der Waals surface area (Å²) in [6, 6.07) is 7.93. The van der Waals surface area contributed by atoms with Crippen LogP contribution in [-0.2, 0) is 13.0 Å². The Labute approximate surface area is 110 Å². The minimum atomic E-state index is -0.194. The van der Waals surface area contributed by atoms with Gasteiger partial charge in [0.25, 0.3) is 0 Å². The lowest BCUT2D eigenvalue weighted by atomic mass is 10.1. The van der Waals surface area contributed by atoms with Gasteiger partial charge in [-0.05, 0) is 19.1 Å². The highest BCUT2D eigenvalue weighted by Crippen LogP contribution is 2.19. The molecule has 2 aromatic heterocycles. The zero-order valence-corrected chi connectivity index (χ0v) is 10.7. The summed E-state index contributed by atoms with van der Waals surface area (Å²) in [5.74, 6) is 0.985. The van der Waals surface area contributed by atoms with Crippen LogP contribution in [0.15, 0.2) is 30.5 Å². The number of nitrogens with zero attached hydrogens (tertiary/aromatic N) is 4. The summed E-state index contributed by atoms with van der Waals surface area (Å²) < 4.78 is 2.19. The summed E-state index contributed by atoms with van der Waals surface area (Å²) in [4.78, 5) is 4.66. The van der Waals surface area contributed by atoms with E-state index < -0.39 is 0 Å². The van der Waals surface area contributed by atoms with Crippen molar-refractivity contribution in [3.05, 3.63) is 42.0 Å². The Balaban J connectivity index is 1.96. The van der Waals surface area contributed by atoms with Gasteiger partial charge in [0.1, 0.15) is 5.82 Å². The average Bonchev–Trinajstić information content (AvgIpc) is 3.05. The summed E-state index contributed by atoms with van der Waals surface area (Å²) in [6.45, 7) is 2.99. The second-order valence-electron chi connectivity index (χ2n) is 4.47. The standard InChI is InChI=1S/C13H16N6/c1-2-19-12-6-4-3-5-10(12)16-13(19)7-9(14)11-8-15-18-17-11/h3-6,8-9H,2,7,14H2,1H3,(H,15,17,18). The Morgan fingerprint density at radius 2 is 2.21 bits per heavy atom. The quantitative estimate of drug-likeness (QED) is 0.739. The molecule has 1 atom stereocenters. The molecule has 0 bridgehead atoms. The van der Waals surface area contributed by atoms with Crippen molar-refractivity contribution in [3.8, 4) is 0 Å². The van der Waals surface area contributed by atoms with Crippen LogP contribution in [0.1, 0.15) is 24.5 Å². The Morgan fingerprint density at radius 3 is 2.95 bits per heavy atom. The third-order valence-electron chi connectivity index (χ3n) is 3.27. The van der Waals surface area contributed by atoms with Crippen molar-refractivity contribution in [2.75, 3.05) is 0 Å². The minimum absolute atomic E-state index is 0.194. The molecule has 0 aliphatic carbocycles. The number of hydrogen-bond donors (Lipinski definition) is 2. The van der Waals surface area contributed by atoms with Gasteiger partial charge in [0.2, 0.25) is 0 Å². The maximum absolute atomic E-state index is 6.14. The Morgan fingerprint density at radius 1 is 1.37 bits per heavy atom. The van der Waals surface area contributed by atoms with Crippen LogP contribution in [-0.4, -0.2) is 25.0 Å². The summed E-state index contributed by atoms with van der Waals surface area (Å²) >= 11 is 0. The monoisotopic (exact) mass is 256 g/mol. The van der Waals surface area contributed by atoms with Gasteiger partial charge in [-0.1, -0.05) is 12.1 Å². The maximum Gasteiger partial charge on any atom is 0.111 e. The van der Waals surface area contributed by atoms with E-state index in [4.69, 9.17) is 5.73 Å². The van der Waals surface area contributed by atoms with E-state index in [0.717, 1.165) is 29.1 Å². The van der Waals surface area contributed by atoms with E-state index in [2.05, 4.69) is 38.0 Å². The van der Waals surface area contributed by atoms with Crippen LogP contribution in [0.2, 0.25) is 0 Å². The molecule has 0 radical (unpaired) electrons. The fraction of sp³-hybridized carbons (Fsp3) is 0.308. The van der Waals surface area contributed by atoms with Crippen LogP contribution in [0.5, 0.6) is 0 Å². The van der Waals surface area contributed by atoms with Crippen LogP contribution >= 0.6 is 0 Å². The Bertz CT molecular complexity index is 670. The second-order valence-corrected chi connectivity index (χ2v) is 4.47. The number of nitrogens with two attached hydrogens (primary N) is 1. The summed E-state index contributed by atoms with van der Waals surface area (Å²) in [5.41, 5.74) is 9.05. The average molecular weight is 256 g/mol. The Kier molecular flexibility index (Phi) is 3.00. The SMILES string of the molecule is CCn1c(CC(N)c2cn[nH]n2)nc2ccccc21. The number of benzene rings is 1. The van der Waals surface area contributed by atoms with Crippen molar-refractivity contribution in [2.24, 2.45) is 5.73 Å². The van der Waals surface area contributed by atoms with E-state index in [9.17, 15) is 0 Å². The Hall–Kier alpha value is -2.21. The number of fused-ring (bicyclic) bond motifs is 1. The number of hydrogen-bond acceptors (Lipinski definition) is 4. The highest BCUT2D eigenvalue weighted by Gasteiger charge is 2.15. The van der Waals surface area contributed by atoms with Crippen molar-refractivity contribution in [3.63, 3.8) is 0 Å². The molecule has 0 fully saturated rings. The lowest BCUT2D eigenvalue weighted by molar-refractivity contribution is 0.623. The number of aromatic nitrogens is 5. The molecule has 0 aliphatic rings. The van der Waals surface area contributed by atoms with E-state index in [0.29, 0.717) is 6.42 Å². The third kappa shape index (κ3) is 2.10. The zero-order chi connectivity index (χ0) is 13.2. The summed E-state index contributed by atoms with van der Waals surface area (Å²) in [6.07, 6.45) is 2.30. The molecule has 2 heterocycles. The normalized spacial score (nSPS) is 12.9. The lowest BCUT2D eigenvalue weighted by Crippen LogP contribution is -2.16. The van der Waals surface area contributed by atoms with Gasteiger partial charge >= 0.3 is 0 Å². The van der Waals surface area contributed by atoms with E-state index in [1.54, 1.807) is 6.20 Å². The molecule has 1 unspecified atom stereocenters. The fourth-order valence-electron chi connectivity index (χ4n) is 2.32. The first kappa shape index (κ1) is 11.9. The minimum Gasteiger partial charge on any atom is -0.328 e. The number of aromatic amines is 1. The van der Waals surface area contributed by atoms with Gasteiger partial charge < -0.3 is 10.3 Å². The molecule has 0 aliphatic heterocycles. The summed E-state index contributed by atoms with van der Waals surface area (Å²) in [5, 5.41) is 10.4. The van der Waals surface area contributed by atoms with Crippen LogP contribution < -0.4 is 5.73 Å². The zero-order valence-electron chi connectivity index (χ0n) is 10.7. The van der Waals surface area contributed by atoms with Gasteiger partial charge in [0.05, 0.1) is 29.0 Å². The number of nitrogens with one attached hydrogen (secondary N) is 1. The molecule has 19 heavy (non-hydrogen) atoms. The van der Waals surface area contributed by atoms with E-state index in [1.807, 2.05) is 18.2 Å². The molecule has 3 N–H and O–H groups in total. The molecule has 1 aromatic carbocycles. The van der Waals surface area contributed by atoms with Crippen molar-refractivity contribution in [1.29, 1.82) is 0 Å². The molecule has 3 aromatic rings. The van der Waals surface area contributed by atoms with E-state index >= 15 is 0 Å². The smallest absolute Gasteiger partial charge is 0.111 e. The first-order valence-corrected chi connectivity index (χ1v) is 6.35. The van der Waals surface area contributed by atoms with Gasteiger partial charge in [-0.15, -0.1) is 0 Å². The first-order chi connectivity index (χ1) is 9.29. The van der Waals surface area contributed by atoms with Gasteiger partial charge in [-0.2, -0.15) is 15.4 Å². The molecule has 6 heteroatoms. The van der Waals surface area contributed by atoms with E-state index in [1.165, 1.54) is 0 Å². The molecule has 0 saturated carbocycles. The first-order valence-electron chi connectivity index (χ1n) is 6.35. The highest BCUT2D eigenvalue weighted by atomic mass is 15.3. The van der Waals surface area contributed by atoms with E-state index in [-0.39, 0.29) is 6.04 Å². The highest BCUT2D eigenvalue weighted by molar-refractivity contribution is 5.75. The van der Waals surface area contributed by atoms with Crippen molar-refractivity contribution in [2.45, 2.75) is 25.9 Å². The fourth-order valence-corrected chi connectivity index (χ4v) is 2.32. The molecular formula is C13H16N6. The van der Waals surface area contributed by atoms with Crippen molar-refractivity contribution >= 4 is 11.0 Å². The van der Waals surface area contributed by atoms with Gasteiger partial charge in [0.15, 0.2) is 0 Å². The number of rotatable bonds is 4. The third-order valence-corrected chi connectivity index (χ3v) is 3.27. The molecule has 6 nitrogen and oxygen atoms in total. The van der Waals surface area contributed by atoms with Crippen LogP contribution in [0, 0.1) is 0 Å². The molecule has 0 amide bonds. The molecule has 0 saturated heterocycles. The second kappa shape index (κ2) is 4.81. The van der Waals surface area contributed by atoms with Crippen molar-refractivity contribution in [1.82, 2.24) is 25.0 Å².